The quantitative estimate of drug-likeness (QED) is 0.515. The topological polar surface area (TPSA) is 0 Å². The minimum absolute atomic E-state index is 0.148. The van der Waals surface area contributed by atoms with E-state index in [-0.39, 0.29) is 17.2 Å². The third-order valence-electron chi connectivity index (χ3n) is 7.15. The van der Waals surface area contributed by atoms with E-state index in [9.17, 15) is 8.78 Å². The van der Waals surface area contributed by atoms with Crippen LogP contribution in [0.3, 0.4) is 0 Å². The van der Waals surface area contributed by atoms with Crippen molar-refractivity contribution in [1.82, 2.24) is 0 Å². The molecule has 2 saturated carbocycles. The van der Waals surface area contributed by atoms with Gasteiger partial charge in [-0.15, -0.1) is 0 Å². The Morgan fingerprint density at radius 3 is 1.68 bits per heavy atom. The predicted octanol–water partition coefficient (Wildman–Crippen LogP) is 7.54. The van der Waals surface area contributed by atoms with Gasteiger partial charge in [0.2, 0.25) is 0 Å². The standard InChI is InChI=1S/C23H34F2/c1-3-17-4-6-18(7-5-17)8-9-19-10-12-20(13-11-19)21-14-22(24)16(2)23(25)15-21/h14-15,17-20H,3-13H2,1-2H3. The number of halogens is 2. The molecular weight excluding hydrogens is 314 g/mol. The summed E-state index contributed by atoms with van der Waals surface area (Å²) in [6.45, 7) is 3.84. The summed E-state index contributed by atoms with van der Waals surface area (Å²) in [5.74, 6) is 2.35. The molecular formula is C23H34F2. The Kier molecular flexibility index (Phi) is 6.52. The Labute approximate surface area is 152 Å². The number of hydrogen-bond acceptors (Lipinski definition) is 0. The van der Waals surface area contributed by atoms with Crippen LogP contribution in [0.4, 0.5) is 8.78 Å². The molecule has 1 aromatic rings. The fourth-order valence-corrected chi connectivity index (χ4v) is 5.08. The highest BCUT2D eigenvalue weighted by Crippen LogP contribution is 2.40. The van der Waals surface area contributed by atoms with E-state index in [2.05, 4.69) is 6.92 Å². The van der Waals surface area contributed by atoms with E-state index in [1.54, 1.807) is 12.1 Å². The van der Waals surface area contributed by atoms with E-state index in [4.69, 9.17) is 0 Å². The summed E-state index contributed by atoms with van der Waals surface area (Å²) < 4.78 is 27.6. The van der Waals surface area contributed by atoms with E-state index in [0.29, 0.717) is 5.92 Å². The molecule has 0 amide bonds. The van der Waals surface area contributed by atoms with Crippen LogP contribution in [0.2, 0.25) is 0 Å². The monoisotopic (exact) mass is 348 g/mol. The molecule has 2 fully saturated rings. The van der Waals surface area contributed by atoms with Gasteiger partial charge in [-0.1, -0.05) is 51.9 Å². The minimum Gasteiger partial charge on any atom is -0.207 e. The summed E-state index contributed by atoms with van der Waals surface area (Å²) >= 11 is 0. The first-order valence-electron chi connectivity index (χ1n) is 10.5. The SMILES string of the molecule is CCC1CCC(CCC2CCC(c3cc(F)c(C)c(F)c3)CC2)CC1. The predicted molar refractivity (Wildman–Crippen MR) is 101 cm³/mol. The van der Waals surface area contributed by atoms with E-state index in [1.165, 1.54) is 64.7 Å². The average Bonchev–Trinajstić information content (AvgIpc) is 2.65. The van der Waals surface area contributed by atoms with Gasteiger partial charge in [0.25, 0.3) is 0 Å². The van der Waals surface area contributed by atoms with Crippen LogP contribution >= 0.6 is 0 Å². The fourth-order valence-electron chi connectivity index (χ4n) is 5.08. The van der Waals surface area contributed by atoms with Crippen LogP contribution in [0.1, 0.15) is 94.6 Å². The Bertz CT molecular complexity index is 526. The summed E-state index contributed by atoms with van der Waals surface area (Å²) in [4.78, 5) is 0. The maximum absolute atomic E-state index is 13.8. The van der Waals surface area contributed by atoms with Crippen LogP contribution in [0, 0.1) is 36.3 Å². The number of hydrogen-bond donors (Lipinski definition) is 0. The van der Waals surface area contributed by atoms with Crippen LogP contribution in [-0.4, -0.2) is 0 Å². The van der Waals surface area contributed by atoms with Crippen LogP contribution in [0.15, 0.2) is 12.1 Å². The van der Waals surface area contributed by atoms with Gasteiger partial charge in [-0.25, -0.2) is 8.78 Å². The molecule has 0 unspecified atom stereocenters. The van der Waals surface area contributed by atoms with Gasteiger partial charge in [0.05, 0.1) is 0 Å². The maximum atomic E-state index is 13.8. The van der Waals surface area contributed by atoms with E-state index in [1.807, 2.05) is 0 Å². The molecule has 2 aliphatic rings. The highest BCUT2D eigenvalue weighted by atomic mass is 19.1. The second-order valence-electron chi connectivity index (χ2n) is 8.70. The van der Waals surface area contributed by atoms with Crippen LogP contribution in [-0.2, 0) is 0 Å². The molecule has 0 bridgehead atoms. The summed E-state index contributed by atoms with van der Waals surface area (Å²) in [5, 5.41) is 0. The normalized spacial score (nSPS) is 30.4. The first-order valence-corrected chi connectivity index (χ1v) is 10.5. The summed E-state index contributed by atoms with van der Waals surface area (Å²) in [7, 11) is 0. The molecule has 0 heterocycles. The van der Waals surface area contributed by atoms with Crippen molar-refractivity contribution in [3.63, 3.8) is 0 Å². The lowest BCUT2D eigenvalue weighted by molar-refractivity contribution is 0.227. The maximum Gasteiger partial charge on any atom is 0.129 e. The molecule has 0 nitrogen and oxygen atoms in total. The van der Waals surface area contributed by atoms with Crippen molar-refractivity contribution in [2.24, 2.45) is 17.8 Å². The van der Waals surface area contributed by atoms with Crippen molar-refractivity contribution >= 4 is 0 Å². The smallest absolute Gasteiger partial charge is 0.129 e. The molecule has 140 valence electrons. The summed E-state index contributed by atoms with van der Waals surface area (Å²) in [6, 6.07) is 3.13. The second kappa shape index (κ2) is 8.64. The molecule has 0 spiro atoms. The molecule has 0 saturated heterocycles. The molecule has 1 aromatic carbocycles. The van der Waals surface area contributed by atoms with Crippen molar-refractivity contribution in [3.05, 3.63) is 34.9 Å². The van der Waals surface area contributed by atoms with Crippen molar-refractivity contribution in [3.8, 4) is 0 Å². The lowest BCUT2D eigenvalue weighted by atomic mass is 9.74. The van der Waals surface area contributed by atoms with Crippen molar-refractivity contribution < 1.29 is 8.78 Å². The van der Waals surface area contributed by atoms with Gasteiger partial charge >= 0.3 is 0 Å². The van der Waals surface area contributed by atoms with Crippen molar-refractivity contribution in [2.75, 3.05) is 0 Å². The van der Waals surface area contributed by atoms with E-state index in [0.717, 1.165) is 36.2 Å². The fraction of sp³-hybridized carbons (Fsp3) is 0.739. The second-order valence-corrected chi connectivity index (χ2v) is 8.70. The first kappa shape index (κ1) is 18.9. The van der Waals surface area contributed by atoms with E-state index >= 15 is 0 Å². The van der Waals surface area contributed by atoms with Gasteiger partial charge in [-0.05, 0) is 74.0 Å². The zero-order chi connectivity index (χ0) is 17.8. The van der Waals surface area contributed by atoms with Crippen LogP contribution in [0.5, 0.6) is 0 Å². The molecule has 0 atom stereocenters. The highest BCUT2D eigenvalue weighted by molar-refractivity contribution is 5.28. The summed E-state index contributed by atoms with van der Waals surface area (Å²) in [6.07, 6.45) is 14.5. The molecule has 0 radical (unpaired) electrons. The molecule has 0 aliphatic heterocycles. The van der Waals surface area contributed by atoms with Gasteiger partial charge in [0.15, 0.2) is 0 Å². The Morgan fingerprint density at radius 2 is 1.20 bits per heavy atom. The largest absolute Gasteiger partial charge is 0.207 e. The number of benzene rings is 1. The molecule has 2 heteroatoms. The lowest BCUT2D eigenvalue weighted by Crippen LogP contribution is -2.17. The minimum atomic E-state index is -0.389. The third kappa shape index (κ3) is 4.83. The van der Waals surface area contributed by atoms with Gasteiger partial charge in [0.1, 0.15) is 11.6 Å². The Hall–Kier alpha value is -0.920. The molecule has 3 rings (SSSR count). The van der Waals surface area contributed by atoms with Crippen molar-refractivity contribution in [1.29, 1.82) is 0 Å². The zero-order valence-electron chi connectivity index (χ0n) is 16.0. The first-order chi connectivity index (χ1) is 12.1. The van der Waals surface area contributed by atoms with Crippen LogP contribution < -0.4 is 0 Å². The third-order valence-corrected chi connectivity index (χ3v) is 7.15. The highest BCUT2D eigenvalue weighted by Gasteiger charge is 2.25. The molecule has 25 heavy (non-hydrogen) atoms. The summed E-state index contributed by atoms with van der Waals surface area (Å²) in [5.41, 5.74) is 1.02. The number of rotatable bonds is 5. The van der Waals surface area contributed by atoms with Crippen LogP contribution in [0.25, 0.3) is 0 Å². The van der Waals surface area contributed by atoms with Gasteiger partial charge < -0.3 is 0 Å². The zero-order valence-corrected chi connectivity index (χ0v) is 16.0. The Balaban J connectivity index is 1.43. The van der Waals surface area contributed by atoms with Gasteiger partial charge in [0, 0.05) is 5.56 Å². The molecule has 2 aliphatic carbocycles. The van der Waals surface area contributed by atoms with Crippen molar-refractivity contribution in [2.45, 2.75) is 90.4 Å². The molecule has 0 aromatic heterocycles. The Morgan fingerprint density at radius 1 is 0.760 bits per heavy atom. The lowest BCUT2D eigenvalue weighted by Gasteiger charge is -2.32. The van der Waals surface area contributed by atoms with Gasteiger partial charge in [-0.3, -0.25) is 0 Å². The molecule has 0 N–H and O–H groups in total. The average molecular weight is 349 g/mol. The van der Waals surface area contributed by atoms with Gasteiger partial charge in [-0.2, -0.15) is 0 Å². The van der Waals surface area contributed by atoms with E-state index < -0.39 is 0 Å².